The minimum atomic E-state index is 0.145. The Morgan fingerprint density at radius 2 is 2.29 bits per heavy atom. The predicted molar refractivity (Wildman–Crippen MR) is 77.4 cm³/mol. The molecule has 2 aliphatic rings. The molecule has 1 aromatic rings. The van der Waals surface area contributed by atoms with Gasteiger partial charge in [0.1, 0.15) is 0 Å². The van der Waals surface area contributed by atoms with E-state index >= 15 is 0 Å². The molecule has 1 saturated heterocycles. The summed E-state index contributed by atoms with van der Waals surface area (Å²) in [6, 6.07) is 0.210. The maximum Gasteiger partial charge on any atom is 0.225 e. The van der Waals surface area contributed by atoms with Crippen molar-refractivity contribution < 1.29 is 9.32 Å². The van der Waals surface area contributed by atoms with Crippen molar-refractivity contribution in [3.05, 3.63) is 11.7 Å². The van der Waals surface area contributed by atoms with Gasteiger partial charge in [0, 0.05) is 38.4 Å². The van der Waals surface area contributed by atoms with Crippen molar-refractivity contribution >= 4 is 5.91 Å². The van der Waals surface area contributed by atoms with E-state index in [1.54, 1.807) is 6.92 Å². The standard InChI is InChI=1S/C15H24N4O2/c1-10-17-14(18-21-10)7-11-3-2-6-19(9-11)15(20)12-4-5-13(16)8-12/h11-13H,2-9,16H2,1H3/t11-,12-,13-/m0/s1. The molecule has 1 aliphatic carbocycles. The summed E-state index contributed by atoms with van der Waals surface area (Å²) in [6.07, 6.45) is 5.77. The lowest BCUT2D eigenvalue weighted by Crippen LogP contribution is -2.43. The summed E-state index contributed by atoms with van der Waals surface area (Å²) in [5, 5.41) is 3.96. The molecule has 6 nitrogen and oxygen atoms in total. The van der Waals surface area contributed by atoms with Gasteiger partial charge in [-0.2, -0.15) is 4.98 Å². The topological polar surface area (TPSA) is 85.2 Å². The monoisotopic (exact) mass is 292 g/mol. The maximum absolute atomic E-state index is 12.6. The number of piperidine rings is 1. The molecule has 1 saturated carbocycles. The van der Waals surface area contributed by atoms with Gasteiger partial charge in [0.05, 0.1) is 0 Å². The van der Waals surface area contributed by atoms with Crippen LogP contribution in [0.15, 0.2) is 4.52 Å². The van der Waals surface area contributed by atoms with E-state index in [4.69, 9.17) is 10.3 Å². The summed E-state index contributed by atoms with van der Waals surface area (Å²) in [5.41, 5.74) is 5.93. The van der Waals surface area contributed by atoms with E-state index in [1.165, 1.54) is 0 Å². The zero-order valence-corrected chi connectivity index (χ0v) is 12.6. The van der Waals surface area contributed by atoms with Gasteiger partial charge < -0.3 is 15.2 Å². The van der Waals surface area contributed by atoms with E-state index in [1.807, 2.05) is 4.90 Å². The molecule has 6 heteroatoms. The first-order chi connectivity index (χ1) is 10.1. The van der Waals surface area contributed by atoms with Crippen LogP contribution in [0.1, 0.15) is 43.8 Å². The fourth-order valence-corrected chi connectivity index (χ4v) is 3.61. The molecule has 0 bridgehead atoms. The molecule has 1 aliphatic heterocycles. The second-order valence-electron chi connectivity index (χ2n) is 6.50. The van der Waals surface area contributed by atoms with Crippen LogP contribution in [0.2, 0.25) is 0 Å². The first-order valence-electron chi connectivity index (χ1n) is 7.95. The molecule has 0 aromatic carbocycles. The van der Waals surface area contributed by atoms with Gasteiger partial charge in [0.25, 0.3) is 0 Å². The van der Waals surface area contributed by atoms with Crippen molar-refractivity contribution in [1.82, 2.24) is 15.0 Å². The summed E-state index contributed by atoms with van der Waals surface area (Å²) in [5.74, 6) is 2.25. The minimum Gasteiger partial charge on any atom is -0.342 e. The van der Waals surface area contributed by atoms with E-state index < -0.39 is 0 Å². The number of hydrogen-bond acceptors (Lipinski definition) is 5. The van der Waals surface area contributed by atoms with E-state index in [2.05, 4.69) is 10.1 Å². The molecule has 0 spiro atoms. The number of nitrogens with two attached hydrogens (primary N) is 1. The molecule has 116 valence electrons. The van der Waals surface area contributed by atoms with E-state index in [0.717, 1.165) is 57.4 Å². The third-order valence-electron chi connectivity index (χ3n) is 4.69. The first-order valence-corrected chi connectivity index (χ1v) is 7.95. The van der Waals surface area contributed by atoms with Gasteiger partial charge in [-0.15, -0.1) is 0 Å². The number of nitrogens with zero attached hydrogens (tertiary/aromatic N) is 3. The number of aryl methyl sites for hydroxylation is 1. The highest BCUT2D eigenvalue weighted by molar-refractivity contribution is 5.79. The normalized spacial score (nSPS) is 29.8. The van der Waals surface area contributed by atoms with Crippen molar-refractivity contribution in [3.63, 3.8) is 0 Å². The smallest absolute Gasteiger partial charge is 0.225 e. The van der Waals surface area contributed by atoms with Crippen LogP contribution in [0.3, 0.4) is 0 Å². The first kappa shape index (κ1) is 14.5. The van der Waals surface area contributed by atoms with Crippen molar-refractivity contribution in [3.8, 4) is 0 Å². The number of aromatic nitrogens is 2. The number of rotatable bonds is 3. The highest BCUT2D eigenvalue weighted by Gasteiger charge is 2.33. The zero-order valence-electron chi connectivity index (χ0n) is 12.6. The van der Waals surface area contributed by atoms with Gasteiger partial charge in [-0.3, -0.25) is 4.79 Å². The summed E-state index contributed by atoms with van der Waals surface area (Å²) in [7, 11) is 0. The fraction of sp³-hybridized carbons (Fsp3) is 0.800. The van der Waals surface area contributed by atoms with Crippen molar-refractivity contribution in [2.75, 3.05) is 13.1 Å². The Morgan fingerprint density at radius 1 is 1.43 bits per heavy atom. The lowest BCUT2D eigenvalue weighted by Gasteiger charge is -2.34. The van der Waals surface area contributed by atoms with Gasteiger partial charge >= 0.3 is 0 Å². The lowest BCUT2D eigenvalue weighted by atomic mass is 9.93. The second kappa shape index (κ2) is 6.13. The Hall–Kier alpha value is -1.43. The van der Waals surface area contributed by atoms with Crippen LogP contribution >= 0.6 is 0 Å². The predicted octanol–water partition coefficient (Wildman–Crippen LogP) is 1.29. The van der Waals surface area contributed by atoms with Gasteiger partial charge in [-0.05, 0) is 38.0 Å². The summed E-state index contributed by atoms with van der Waals surface area (Å²) < 4.78 is 5.02. The average molecular weight is 292 g/mol. The molecule has 1 amide bonds. The molecule has 0 radical (unpaired) electrons. The van der Waals surface area contributed by atoms with Gasteiger partial charge in [0.2, 0.25) is 11.8 Å². The average Bonchev–Trinajstić information content (AvgIpc) is 3.07. The third kappa shape index (κ3) is 3.43. The van der Waals surface area contributed by atoms with E-state index in [9.17, 15) is 4.79 Å². The van der Waals surface area contributed by atoms with Gasteiger partial charge in [-0.25, -0.2) is 0 Å². The van der Waals surface area contributed by atoms with E-state index in [-0.39, 0.29) is 12.0 Å². The van der Waals surface area contributed by atoms with Crippen LogP contribution < -0.4 is 5.73 Å². The van der Waals surface area contributed by atoms with Crippen molar-refractivity contribution in [2.24, 2.45) is 17.6 Å². The molecule has 0 unspecified atom stereocenters. The van der Waals surface area contributed by atoms with Crippen molar-refractivity contribution in [1.29, 1.82) is 0 Å². The zero-order chi connectivity index (χ0) is 14.8. The van der Waals surface area contributed by atoms with Gasteiger partial charge in [-0.1, -0.05) is 5.16 Å². The molecule has 2 N–H and O–H groups in total. The number of amides is 1. The second-order valence-corrected chi connectivity index (χ2v) is 6.50. The Labute approximate surface area is 125 Å². The Morgan fingerprint density at radius 3 is 2.95 bits per heavy atom. The molecule has 3 atom stereocenters. The van der Waals surface area contributed by atoms with Gasteiger partial charge in [0.15, 0.2) is 5.82 Å². The van der Waals surface area contributed by atoms with Crippen LogP contribution in [-0.2, 0) is 11.2 Å². The number of carbonyl (C=O) groups excluding carboxylic acids is 1. The molecule has 2 fully saturated rings. The summed E-state index contributed by atoms with van der Waals surface area (Å²) in [4.78, 5) is 18.9. The largest absolute Gasteiger partial charge is 0.342 e. The maximum atomic E-state index is 12.6. The Kier molecular flexibility index (Phi) is 4.24. The number of hydrogen-bond donors (Lipinski definition) is 1. The molecular weight excluding hydrogens is 268 g/mol. The SMILES string of the molecule is Cc1nc(C[C@@H]2CCCN(C(=O)[C@H]3CC[C@H](N)C3)C2)no1. The number of carbonyl (C=O) groups is 1. The highest BCUT2D eigenvalue weighted by atomic mass is 16.5. The van der Waals surface area contributed by atoms with Crippen LogP contribution in [0.5, 0.6) is 0 Å². The molecule has 1 aromatic heterocycles. The van der Waals surface area contributed by atoms with E-state index in [0.29, 0.717) is 17.7 Å². The van der Waals surface area contributed by atoms with Crippen LogP contribution in [0.25, 0.3) is 0 Å². The van der Waals surface area contributed by atoms with Crippen LogP contribution in [0.4, 0.5) is 0 Å². The molecule has 3 rings (SSSR count). The lowest BCUT2D eigenvalue weighted by molar-refractivity contribution is -0.137. The van der Waals surface area contributed by atoms with Crippen LogP contribution in [-0.4, -0.2) is 40.1 Å². The summed E-state index contributed by atoms with van der Waals surface area (Å²) in [6.45, 7) is 3.50. The Bertz CT molecular complexity index is 502. The quantitative estimate of drug-likeness (QED) is 0.907. The third-order valence-corrected chi connectivity index (χ3v) is 4.69. The highest BCUT2D eigenvalue weighted by Crippen LogP contribution is 2.28. The minimum absolute atomic E-state index is 0.145. The molecule has 2 heterocycles. The molecular formula is C15H24N4O2. The van der Waals surface area contributed by atoms with Crippen molar-refractivity contribution in [2.45, 2.75) is 51.5 Å². The summed E-state index contributed by atoms with van der Waals surface area (Å²) >= 11 is 0. The fourth-order valence-electron chi connectivity index (χ4n) is 3.61. The Balaban J connectivity index is 1.56. The molecule has 21 heavy (non-hydrogen) atoms. The number of likely N-dealkylation sites (tertiary alicyclic amines) is 1. The van der Waals surface area contributed by atoms with Crippen LogP contribution in [0, 0.1) is 18.8 Å².